The van der Waals surface area contributed by atoms with Crippen molar-refractivity contribution in [1.82, 2.24) is 4.57 Å². The maximum atomic E-state index is 14.1. The Morgan fingerprint density at radius 1 is 1.17 bits per heavy atom. The molecule has 0 aliphatic carbocycles. The molecule has 29 heavy (non-hydrogen) atoms. The minimum atomic E-state index is -0.660. The number of nitrogens with zero attached hydrogens (tertiary/aromatic N) is 2. The molecule has 0 aliphatic heterocycles. The molecule has 0 spiro atoms. The standard InChI is InChI=1S/C22H18F2N2O2S/c1-4-28-22(27)20-19(17(12-25)21(29-3)26(20)2)14-7-5-13(6-8-14)16-10-9-15(23)11-18(16)24/h5-11H,4H2,1-3H3. The second-order valence-corrected chi connectivity index (χ2v) is 7.00. The maximum absolute atomic E-state index is 14.1. The first-order valence-electron chi connectivity index (χ1n) is 8.82. The number of thioether (sulfide) groups is 1. The topological polar surface area (TPSA) is 55.0 Å². The van der Waals surface area contributed by atoms with Crippen molar-refractivity contribution in [3.8, 4) is 28.3 Å². The van der Waals surface area contributed by atoms with E-state index in [2.05, 4.69) is 6.07 Å². The number of aromatic nitrogens is 1. The summed E-state index contributed by atoms with van der Waals surface area (Å²) in [6, 6.07) is 12.3. The van der Waals surface area contributed by atoms with E-state index in [0.717, 1.165) is 6.07 Å². The van der Waals surface area contributed by atoms with Crippen LogP contribution in [0.3, 0.4) is 0 Å². The fourth-order valence-corrected chi connectivity index (χ4v) is 3.98. The minimum Gasteiger partial charge on any atom is -0.461 e. The van der Waals surface area contributed by atoms with Crippen LogP contribution in [0.1, 0.15) is 23.0 Å². The highest BCUT2D eigenvalue weighted by molar-refractivity contribution is 7.98. The summed E-state index contributed by atoms with van der Waals surface area (Å²) in [6.07, 6.45) is 1.83. The van der Waals surface area contributed by atoms with Crippen LogP contribution in [0.2, 0.25) is 0 Å². The molecule has 2 aromatic carbocycles. The number of hydrogen-bond donors (Lipinski definition) is 0. The van der Waals surface area contributed by atoms with Crippen molar-refractivity contribution in [1.29, 1.82) is 5.26 Å². The van der Waals surface area contributed by atoms with Gasteiger partial charge in [-0.05, 0) is 36.4 Å². The van der Waals surface area contributed by atoms with E-state index < -0.39 is 17.6 Å². The molecule has 0 amide bonds. The van der Waals surface area contributed by atoms with E-state index in [9.17, 15) is 18.8 Å². The lowest BCUT2D eigenvalue weighted by atomic mass is 9.98. The molecule has 148 valence electrons. The van der Waals surface area contributed by atoms with Gasteiger partial charge in [0.25, 0.3) is 0 Å². The van der Waals surface area contributed by atoms with E-state index in [-0.39, 0.29) is 17.9 Å². The molecule has 0 saturated heterocycles. The first-order valence-corrected chi connectivity index (χ1v) is 10.0. The SMILES string of the molecule is CCOC(=O)c1c(-c2ccc(-c3ccc(F)cc3F)cc2)c(C#N)c(SC)n1C. The summed E-state index contributed by atoms with van der Waals surface area (Å²) >= 11 is 1.36. The van der Waals surface area contributed by atoms with Crippen molar-refractivity contribution >= 4 is 17.7 Å². The van der Waals surface area contributed by atoms with Crippen LogP contribution in [-0.2, 0) is 11.8 Å². The lowest BCUT2D eigenvalue weighted by molar-refractivity contribution is 0.0515. The molecule has 0 unspecified atom stereocenters. The maximum Gasteiger partial charge on any atom is 0.355 e. The van der Waals surface area contributed by atoms with Crippen molar-refractivity contribution in [2.75, 3.05) is 12.9 Å². The summed E-state index contributed by atoms with van der Waals surface area (Å²) < 4.78 is 34.1. The average molecular weight is 412 g/mol. The molecule has 1 heterocycles. The minimum absolute atomic E-state index is 0.211. The molecule has 0 saturated carbocycles. The van der Waals surface area contributed by atoms with Crippen LogP contribution in [0.4, 0.5) is 8.78 Å². The Morgan fingerprint density at radius 3 is 2.38 bits per heavy atom. The summed E-state index contributed by atoms with van der Waals surface area (Å²) in [7, 11) is 1.71. The number of hydrogen-bond acceptors (Lipinski definition) is 4. The van der Waals surface area contributed by atoms with Crippen LogP contribution in [0, 0.1) is 23.0 Å². The molecule has 0 N–H and O–H groups in total. The molecule has 3 aromatic rings. The Hall–Kier alpha value is -3.11. The Bertz CT molecular complexity index is 1120. The number of halogens is 2. The summed E-state index contributed by atoms with van der Waals surface area (Å²) in [6.45, 7) is 1.93. The number of esters is 1. The fraction of sp³-hybridized carbons (Fsp3) is 0.182. The molecule has 0 aliphatic rings. The molecular weight excluding hydrogens is 394 g/mol. The average Bonchev–Trinajstić information content (AvgIpc) is 2.99. The van der Waals surface area contributed by atoms with Gasteiger partial charge in [0.2, 0.25) is 0 Å². The van der Waals surface area contributed by atoms with Crippen LogP contribution in [0.15, 0.2) is 47.5 Å². The first-order chi connectivity index (χ1) is 13.9. The number of benzene rings is 2. The van der Waals surface area contributed by atoms with Gasteiger partial charge in [0.1, 0.15) is 23.4 Å². The van der Waals surface area contributed by atoms with Crippen molar-refractivity contribution in [3.05, 3.63) is 65.4 Å². The quantitative estimate of drug-likeness (QED) is 0.415. The van der Waals surface area contributed by atoms with E-state index in [1.165, 1.54) is 23.9 Å². The van der Waals surface area contributed by atoms with Gasteiger partial charge in [-0.1, -0.05) is 24.3 Å². The third-order valence-corrected chi connectivity index (χ3v) is 5.40. The highest BCUT2D eigenvalue weighted by atomic mass is 32.2. The zero-order chi connectivity index (χ0) is 21.1. The summed E-state index contributed by atoms with van der Waals surface area (Å²) in [5.41, 5.74) is 2.60. The van der Waals surface area contributed by atoms with Gasteiger partial charge in [-0.3, -0.25) is 0 Å². The van der Waals surface area contributed by atoms with E-state index >= 15 is 0 Å². The van der Waals surface area contributed by atoms with Crippen LogP contribution < -0.4 is 0 Å². The highest BCUT2D eigenvalue weighted by Gasteiger charge is 2.27. The van der Waals surface area contributed by atoms with Gasteiger partial charge in [-0.2, -0.15) is 5.26 Å². The molecular formula is C22H18F2N2O2S. The zero-order valence-corrected chi connectivity index (χ0v) is 16.9. The molecule has 1 aromatic heterocycles. The predicted molar refractivity (Wildman–Crippen MR) is 109 cm³/mol. The van der Waals surface area contributed by atoms with Crippen molar-refractivity contribution < 1.29 is 18.3 Å². The number of nitriles is 1. The molecule has 3 rings (SSSR count). The van der Waals surface area contributed by atoms with E-state index in [1.54, 1.807) is 42.8 Å². The van der Waals surface area contributed by atoms with E-state index in [4.69, 9.17) is 4.74 Å². The highest BCUT2D eigenvalue weighted by Crippen LogP contribution is 2.37. The van der Waals surface area contributed by atoms with Gasteiger partial charge in [-0.25, -0.2) is 13.6 Å². The smallest absolute Gasteiger partial charge is 0.355 e. The van der Waals surface area contributed by atoms with E-state index in [0.29, 0.717) is 27.3 Å². The molecule has 0 radical (unpaired) electrons. The fourth-order valence-electron chi connectivity index (χ4n) is 3.26. The van der Waals surface area contributed by atoms with Gasteiger partial charge in [0.05, 0.1) is 17.2 Å². The number of ether oxygens (including phenoxy) is 1. The number of carbonyl (C=O) groups excluding carboxylic acids is 1. The zero-order valence-electron chi connectivity index (χ0n) is 16.1. The number of rotatable bonds is 5. The third kappa shape index (κ3) is 3.76. The monoisotopic (exact) mass is 412 g/mol. The Balaban J connectivity index is 2.15. The molecule has 0 fully saturated rings. The molecule has 0 bridgehead atoms. The molecule has 4 nitrogen and oxygen atoms in total. The largest absolute Gasteiger partial charge is 0.461 e. The van der Waals surface area contributed by atoms with Crippen molar-refractivity contribution in [2.45, 2.75) is 11.9 Å². The normalized spacial score (nSPS) is 10.6. The lowest BCUT2D eigenvalue weighted by Crippen LogP contribution is -2.11. The van der Waals surface area contributed by atoms with Crippen LogP contribution >= 0.6 is 11.8 Å². The summed E-state index contributed by atoms with van der Waals surface area (Å²) in [5, 5.41) is 10.4. The van der Waals surface area contributed by atoms with Gasteiger partial charge >= 0.3 is 5.97 Å². The van der Waals surface area contributed by atoms with Crippen LogP contribution in [0.25, 0.3) is 22.3 Å². The van der Waals surface area contributed by atoms with Gasteiger partial charge in [0, 0.05) is 24.2 Å². The molecule has 7 heteroatoms. The Labute approximate surface area is 171 Å². The van der Waals surface area contributed by atoms with E-state index in [1.807, 2.05) is 6.26 Å². The van der Waals surface area contributed by atoms with Crippen molar-refractivity contribution in [3.63, 3.8) is 0 Å². The van der Waals surface area contributed by atoms with Gasteiger partial charge in [0.15, 0.2) is 0 Å². The second kappa shape index (κ2) is 8.50. The van der Waals surface area contributed by atoms with Crippen LogP contribution in [0.5, 0.6) is 0 Å². The summed E-state index contributed by atoms with van der Waals surface area (Å²) in [4.78, 5) is 12.6. The second-order valence-electron chi connectivity index (χ2n) is 6.20. The van der Waals surface area contributed by atoms with Gasteiger partial charge < -0.3 is 9.30 Å². The number of carbonyl (C=O) groups is 1. The lowest BCUT2D eigenvalue weighted by Gasteiger charge is -2.09. The summed E-state index contributed by atoms with van der Waals surface area (Å²) in [5.74, 6) is -1.82. The Morgan fingerprint density at radius 2 is 1.83 bits per heavy atom. The van der Waals surface area contributed by atoms with Crippen molar-refractivity contribution in [2.24, 2.45) is 7.05 Å². The Kier molecular flexibility index (Phi) is 6.04. The first kappa shape index (κ1) is 20.6. The van der Waals surface area contributed by atoms with Crippen LogP contribution in [-0.4, -0.2) is 23.4 Å². The third-order valence-electron chi connectivity index (χ3n) is 4.53. The predicted octanol–water partition coefficient (Wildman–Crippen LogP) is 5.41. The molecule has 0 atom stereocenters. The van der Waals surface area contributed by atoms with Gasteiger partial charge in [-0.15, -0.1) is 11.8 Å².